The van der Waals surface area contributed by atoms with Crippen LogP contribution in [0.15, 0.2) is 146 Å². The third kappa shape index (κ3) is 19.2. The van der Waals surface area contributed by atoms with Crippen LogP contribution in [0.2, 0.25) is 5.02 Å². The third-order valence-electron chi connectivity index (χ3n) is 16.3. The maximum absolute atomic E-state index is 14.6. The predicted octanol–water partition coefficient (Wildman–Crippen LogP) is 14.3. The Balaban J connectivity index is 0.000000199. The second kappa shape index (κ2) is 31.6. The quantitative estimate of drug-likeness (QED) is 0.0196. The molecule has 34 heteroatoms. The first-order valence-electron chi connectivity index (χ1n) is 32.0. The number of hydrogen-bond donors (Lipinski definition) is 4. The SMILES string of the molecule is C=C[C@@H]1C[C@]1(NC(=O)[C@@H]1C[C@@H](Oc2cc(-c3ccccc3)nc3c(C)noc23)CN1C(=O)[C@@H](NC(=O)OC(C)(C)C)C(C)(C)C)C(=O)NS(=O)(=O)C1CC1.Cc1noc(C)c1[N+](=O)[O-].Cc1noc2c(Cl)cc(-c3ccccc3)nc12.Cc1noc2ccc(-c3ccccc3)[n+](O)c12.O=P(Cl)(Cl)Cl. The molecule has 2 saturated carbocycles. The number of rotatable bonds is 14. The maximum atomic E-state index is 14.6. The van der Waals surface area contributed by atoms with E-state index in [0.717, 1.165) is 38.3 Å². The number of aromatic nitrogens is 7. The van der Waals surface area contributed by atoms with Gasteiger partial charge in [-0.1, -0.05) is 138 Å². The normalized spacial score (nSPS) is 17.3. The molecule has 3 aromatic carbocycles. The molecular formula is C69H74Cl4N12O16PS+. The highest BCUT2D eigenvalue weighted by atomic mass is 36.0. The summed E-state index contributed by atoms with van der Waals surface area (Å²) < 4.78 is 70.7. The van der Waals surface area contributed by atoms with Crippen molar-refractivity contribution in [1.29, 1.82) is 0 Å². The lowest BCUT2D eigenvalue weighted by Crippen LogP contribution is -2.60. The average Bonchev–Trinajstić information content (AvgIpc) is 1.58. The zero-order valence-corrected chi connectivity index (χ0v) is 62.4. The van der Waals surface area contributed by atoms with Gasteiger partial charge in [0.15, 0.2) is 17.1 Å². The van der Waals surface area contributed by atoms with E-state index in [4.69, 9.17) is 39.6 Å². The Bertz CT molecular complexity index is 4940. The Morgan fingerprint density at radius 2 is 1.30 bits per heavy atom. The number of nitrogens with zero attached hydrogens (tertiary/aromatic N) is 9. The van der Waals surface area contributed by atoms with Crippen LogP contribution >= 0.6 is 50.5 Å². The molecule has 13 rings (SSSR count). The van der Waals surface area contributed by atoms with E-state index in [1.807, 2.05) is 110 Å². The lowest BCUT2D eigenvalue weighted by atomic mass is 9.85. The summed E-state index contributed by atoms with van der Waals surface area (Å²) >= 11 is 20.0. The summed E-state index contributed by atoms with van der Waals surface area (Å²) in [5.41, 5.74) is 7.14. The van der Waals surface area contributed by atoms with Crippen LogP contribution in [0.5, 0.6) is 5.75 Å². The monoisotopic (exact) mass is 1530 g/mol. The minimum Gasteiger partial charge on any atom is -0.484 e. The molecule has 4 amide bonds. The minimum atomic E-state index is -3.92. The molecule has 8 heterocycles. The summed E-state index contributed by atoms with van der Waals surface area (Å²) in [5, 5.41) is 37.8. The van der Waals surface area contributed by atoms with E-state index in [-0.39, 0.29) is 36.4 Å². The summed E-state index contributed by atoms with van der Waals surface area (Å²) in [6, 6.07) is 33.8. The van der Waals surface area contributed by atoms with Crippen molar-refractivity contribution in [3.8, 4) is 39.5 Å². The van der Waals surface area contributed by atoms with Gasteiger partial charge in [-0.25, -0.2) is 23.2 Å². The fraction of sp³-hybridized carbons (Fsp3) is 0.348. The molecule has 103 heavy (non-hydrogen) atoms. The second-order valence-electron chi connectivity index (χ2n) is 26.4. The van der Waals surface area contributed by atoms with E-state index >= 15 is 0 Å². The molecule has 544 valence electrons. The fourth-order valence-electron chi connectivity index (χ4n) is 11.1. The van der Waals surface area contributed by atoms with Gasteiger partial charge in [0.25, 0.3) is 11.6 Å². The van der Waals surface area contributed by atoms with E-state index in [0.29, 0.717) is 74.3 Å². The van der Waals surface area contributed by atoms with Crippen molar-refractivity contribution in [3.63, 3.8) is 0 Å². The number of alkyl carbamates (subject to hydrolysis) is 1. The molecule has 28 nitrogen and oxygen atoms in total. The molecule has 1 aliphatic heterocycles. The fourth-order valence-corrected chi connectivity index (χ4v) is 12.7. The number of nitrogens with one attached hydrogen (secondary N) is 3. The van der Waals surface area contributed by atoms with Crippen LogP contribution in [0.1, 0.15) is 95.8 Å². The lowest BCUT2D eigenvalue weighted by Gasteiger charge is -2.36. The number of aryl methyl sites for hydroxylation is 5. The van der Waals surface area contributed by atoms with Gasteiger partial charge < -0.3 is 43.1 Å². The third-order valence-corrected chi connectivity index (χ3v) is 18.4. The predicted molar refractivity (Wildman–Crippen MR) is 385 cm³/mol. The lowest BCUT2D eigenvalue weighted by molar-refractivity contribution is -0.876. The Morgan fingerprint density at radius 3 is 1.80 bits per heavy atom. The number of ether oxygens (including phenoxy) is 2. The van der Waals surface area contributed by atoms with Crippen LogP contribution in [-0.2, 0) is 33.7 Å². The number of nitro groups is 1. The van der Waals surface area contributed by atoms with Gasteiger partial charge in [0.1, 0.15) is 51.7 Å². The Labute approximate surface area is 610 Å². The molecule has 0 radical (unpaired) electrons. The Morgan fingerprint density at radius 1 is 0.777 bits per heavy atom. The molecule has 2 aliphatic carbocycles. The minimum absolute atomic E-state index is 0.0185. The number of likely N-dealkylation sites (tertiary alicyclic amines) is 1. The smallest absolute Gasteiger partial charge is 0.408 e. The van der Waals surface area contributed by atoms with Crippen molar-refractivity contribution in [3.05, 3.63) is 172 Å². The molecular weight excluding hydrogens is 1460 g/mol. The van der Waals surface area contributed by atoms with Crippen molar-refractivity contribution in [2.24, 2.45) is 11.3 Å². The highest BCUT2D eigenvalue weighted by Gasteiger charge is 2.62. The van der Waals surface area contributed by atoms with Gasteiger partial charge in [0.05, 0.1) is 38.7 Å². The first kappa shape index (κ1) is 77.6. The molecule has 3 fully saturated rings. The number of benzene rings is 3. The number of carbonyl (C=O) groups is 4. The van der Waals surface area contributed by atoms with Gasteiger partial charge in [-0.05, 0) is 131 Å². The zero-order valence-electron chi connectivity index (χ0n) is 57.6. The average molecular weight is 1530 g/mol. The zero-order chi connectivity index (χ0) is 75.3. The Kier molecular flexibility index (Phi) is 23.8. The number of halogens is 4. The number of amides is 4. The van der Waals surface area contributed by atoms with Gasteiger partial charge in [-0.2, -0.15) is 0 Å². The molecule has 7 aromatic heterocycles. The summed E-state index contributed by atoms with van der Waals surface area (Å²) in [4.78, 5) is 75.8. The van der Waals surface area contributed by atoms with Crippen molar-refractivity contribution in [2.75, 3.05) is 6.54 Å². The van der Waals surface area contributed by atoms with Crippen LogP contribution in [-0.4, -0.2) is 119 Å². The van der Waals surface area contributed by atoms with Crippen LogP contribution in [0.3, 0.4) is 0 Å². The first-order chi connectivity index (χ1) is 48.4. The molecule has 10 aromatic rings. The molecule has 5 atom stereocenters. The van der Waals surface area contributed by atoms with E-state index < -0.39 is 89.9 Å². The standard InChI is InChI=1S/C38H48N6O9S.C13H9ClN2O.C13H11N2O2.C5H6N2O3.Cl3OP/c1-9-23-19-38(23,34(47)43-54(49,50)25-15-16-25)41-32(45)27-17-24(20-44(27)33(46)31(36(3,4)5)40-35(48)52-37(6,7)8)51-28-18-26(22-13-11-10-12-14-22)39-29-21(2)42-53-30(28)29;1-8-12-13(17-16-8)10(14)7-11(15-12)9-5-3-2-4-6-9;1-9-13-12(17-14-9)8-7-11(15(13)16)10-5-3-2-4-6-10;1-3-5(7(8)9)4(2)10-6-3;1-5(2,3)4/h9-14,18,23-25,27,31H,1,15-17,19-20H2,2-8H3,(H,40,48)(H,41,45)(H,43,47);2-7H,1H3;2-8,16H,1H3;1-2H3;/q;;+1;;/t23-,24-,27+,31-,38-;;;;/m1..../s1. The van der Waals surface area contributed by atoms with Crippen molar-refractivity contribution < 1.29 is 74.6 Å². The Hall–Kier alpha value is -9.51. The van der Waals surface area contributed by atoms with Gasteiger partial charge in [-0.3, -0.25) is 39.0 Å². The number of carbonyl (C=O) groups excluding carboxylic acids is 4. The van der Waals surface area contributed by atoms with E-state index in [1.165, 1.54) is 24.8 Å². The van der Waals surface area contributed by atoms with Gasteiger partial charge in [-0.15, -0.1) is 6.58 Å². The van der Waals surface area contributed by atoms with Crippen LogP contribution in [0.25, 0.3) is 67.1 Å². The van der Waals surface area contributed by atoms with Crippen molar-refractivity contribution in [1.82, 2.24) is 50.9 Å². The molecule has 0 unspecified atom stereocenters. The highest BCUT2D eigenvalue weighted by molar-refractivity contribution is 8.24. The summed E-state index contributed by atoms with van der Waals surface area (Å²) in [6.45, 7) is 22.6. The number of sulfonamides is 1. The maximum Gasteiger partial charge on any atom is 0.408 e. The summed E-state index contributed by atoms with van der Waals surface area (Å²) in [7, 11) is -3.92. The molecule has 4 N–H and O–H groups in total. The van der Waals surface area contributed by atoms with Gasteiger partial charge in [0.2, 0.25) is 44.3 Å². The van der Waals surface area contributed by atoms with Crippen LogP contribution in [0.4, 0.5) is 10.5 Å². The number of hydrogen-bond acceptors (Lipinski definition) is 22. The van der Waals surface area contributed by atoms with Crippen LogP contribution in [0, 0.1) is 56.1 Å². The number of fused-ring (bicyclic) bond motifs is 3. The molecule has 0 spiro atoms. The summed E-state index contributed by atoms with van der Waals surface area (Å²) in [6.07, 6.45) is 0.911. The van der Waals surface area contributed by atoms with Gasteiger partial charge >= 0.3 is 22.5 Å². The van der Waals surface area contributed by atoms with Gasteiger partial charge in [0, 0.05) is 47.3 Å². The molecule has 3 aliphatic rings. The van der Waals surface area contributed by atoms with Crippen molar-refractivity contribution >= 4 is 123 Å². The topological polar surface area (TPSA) is 374 Å². The molecule has 1 saturated heterocycles. The van der Waals surface area contributed by atoms with E-state index in [9.17, 15) is 47.5 Å². The van der Waals surface area contributed by atoms with E-state index in [1.54, 1.807) is 67.5 Å². The largest absolute Gasteiger partial charge is 0.484 e. The van der Waals surface area contributed by atoms with Crippen molar-refractivity contribution in [2.45, 2.75) is 136 Å². The second-order valence-corrected chi connectivity index (χ2v) is 35.4. The summed E-state index contributed by atoms with van der Waals surface area (Å²) in [5.74, 6) is -2.12. The highest BCUT2D eigenvalue weighted by Crippen LogP contribution is 2.61. The van der Waals surface area contributed by atoms with Crippen LogP contribution < -0.4 is 24.8 Å². The first-order valence-corrected chi connectivity index (χ1v) is 38.3. The molecule has 0 bridgehead atoms. The van der Waals surface area contributed by atoms with E-state index in [2.05, 4.69) is 85.8 Å². The number of pyridine rings is 3.